The molecule has 0 aromatic carbocycles. The van der Waals surface area contributed by atoms with Crippen molar-refractivity contribution in [2.75, 3.05) is 7.11 Å². The van der Waals surface area contributed by atoms with Gasteiger partial charge in [0.05, 0.1) is 17.7 Å². The summed E-state index contributed by atoms with van der Waals surface area (Å²) in [6, 6.07) is 1.65. The minimum Gasteiger partial charge on any atom is -0.490 e. The van der Waals surface area contributed by atoms with Crippen molar-refractivity contribution in [1.82, 2.24) is 4.98 Å². The maximum Gasteiger partial charge on any atom is 0.329 e. The smallest absolute Gasteiger partial charge is 0.329 e. The van der Waals surface area contributed by atoms with Crippen LogP contribution in [0.4, 0.5) is 5.69 Å². The fraction of sp³-hybridized carbons (Fsp3) is 0.417. The molecule has 1 aromatic rings. The summed E-state index contributed by atoms with van der Waals surface area (Å²) < 4.78 is 5.03. The summed E-state index contributed by atoms with van der Waals surface area (Å²) in [5.74, 6) is 0.270. The van der Waals surface area contributed by atoms with Crippen LogP contribution in [0, 0.1) is 10.1 Å². The van der Waals surface area contributed by atoms with Crippen LogP contribution in [-0.2, 0) is 0 Å². The lowest BCUT2D eigenvalue weighted by Gasteiger charge is -2.12. The van der Waals surface area contributed by atoms with E-state index < -0.39 is 4.92 Å². The lowest BCUT2D eigenvalue weighted by molar-refractivity contribution is -0.386. The first-order valence-corrected chi connectivity index (χ1v) is 5.60. The summed E-state index contributed by atoms with van der Waals surface area (Å²) >= 11 is 0. The van der Waals surface area contributed by atoms with Gasteiger partial charge in [-0.05, 0) is 31.3 Å². The van der Waals surface area contributed by atoms with Crippen LogP contribution in [0.1, 0.15) is 31.4 Å². The van der Waals surface area contributed by atoms with Crippen LogP contribution in [0.2, 0.25) is 0 Å². The predicted molar refractivity (Wildman–Crippen MR) is 63.9 cm³/mol. The van der Waals surface area contributed by atoms with Gasteiger partial charge in [-0.15, -0.1) is 0 Å². The Labute approximate surface area is 99.3 Å². The van der Waals surface area contributed by atoms with Gasteiger partial charge >= 0.3 is 5.69 Å². The van der Waals surface area contributed by atoms with E-state index in [0.717, 1.165) is 30.5 Å². The number of hydrogen-bond acceptors (Lipinski definition) is 4. The van der Waals surface area contributed by atoms with E-state index >= 15 is 0 Å². The van der Waals surface area contributed by atoms with Gasteiger partial charge in [0.2, 0.25) is 5.75 Å². The van der Waals surface area contributed by atoms with Gasteiger partial charge in [0.1, 0.15) is 6.20 Å². The highest BCUT2D eigenvalue weighted by molar-refractivity contribution is 5.66. The molecule has 1 aliphatic rings. The number of nitrogens with zero attached hydrogens (tertiary/aromatic N) is 2. The molecule has 0 saturated carbocycles. The van der Waals surface area contributed by atoms with Gasteiger partial charge in [-0.1, -0.05) is 6.08 Å². The molecule has 1 aromatic heterocycles. The van der Waals surface area contributed by atoms with Crippen molar-refractivity contribution in [2.24, 2.45) is 0 Å². The predicted octanol–water partition coefficient (Wildman–Crippen LogP) is 2.96. The Morgan fingerprint density at radius 1 is 1.47 bits per heavy atom. The molecule has 90 valence electrons. The normalized spacial score (nSPS) is 15.2. The van der Waals surface area contributed by atoms with E-state index in [-0.39, 0.29) is 11.4 Å². The number of allylic oxidation sites excluding steroid dienone is 2. The van der Waals surface area contributed by atoms with Crippen LogP contribution in [0.3, 0.4) is 0 Å². The molecule has 0 N–H and O–H groups in total. The maximum atomic E-state index is 10.7. The molecule has 0 atom stereocenters. The van der Waals surface area contributed by atoms with Crippen LogP contribution < -0.4 is 4.74 Å². The van der Waals surface area contributed by atoms with Crippen LogP contribution >= 0.6 is 0 Å². The molecule has 1 heterocycles. The van der Waals surface area contributed by atoms with Crippen LogP contribution in [0.25, 0.3) is 5.57 Å². The van der Waals surface area contributed by atoms with Crippen molar-refractivity contribution in [3.63, 3.8) is 0 Å². The zero-order valence-corrected chi connectivity index (χ0v) is 9.68. The van der Waals surface area contributed by atoms with E-state index in [1.54, 1.807) is 6.07 Å². The molecule has 0 unspecified atom stereocenters. The van der Waals surface area contributed by atoms with E-state index in [2.05, 4.69) is 11.1 Å². The first kappa shape index (κ1) is 11.6. The molecular weight excluding hydrogens is 220 g/mol. The molecule has 0 spiro atoms. The number of methoxy groups -OCH3 is 1. The van der Waals surface area contributed by atoms with Crippen molar-refractivity contribution in [1.29, 1.82) is 0 Å². The maximum absolute atomic E-state index is 10.7. The van der Waals surface area contributed by atoms with E-state index in [4.69, 9.17) is 4.74 Å². The summed E-state index contributed by atoms with van der Waals surface area (Å²) in [5, 5.41) is 10.7. The third-order valence-electron chi connectivity index (χ3n) is 2.88. The Morgan fingerprint density at radius 2 is 2.29 bits per heavy atom. The average molecular weight is 234 g/mol. The fourth-order valence-corrected chi connectivity index (χ4v) is 1.98. The largest absolute Gasteiger partial charge is 0.490 e. The highest BCUT2D eigenvalue weighted by Gasteiger charge is 2.17. The molecule has 5 nitrogen and oxygen atoms in total. The lowest BCUT2D eigenvalue weighted by Crippen LogP contribution is -1.99. The SMILES string of the molecule is COc1cc(C2=CCCCC2)ncc1[N+](=O)[O-]. The van der Waals surface area contributed by atoms with Gasteiger partial charge in [-0.25, -0.2) is 4.98 Å². The molecule has 1 aliphatic carbocycles. The molecular formula is C12H14N2O3. The van der Waals surface area contributed by atoms with E-state index in [9.17, 15) is 10.1 Å². The highest BCUT2D eigenvalue weighted by Crippen LogP contribution is 2.31. The zero-order valence-electron chi connectivity index (χ0n) is 9.68. The van der Waals surface area contributed by atoms with Gasteiger partial charge in [-0.2, -0.15) is 0 Å². The molecule has 0 bridgehead atoms. The van der Waals surface area contributed by atoms with Crippen molar-refractivity contribution < 1.29 is 9.66 Å². The standard InChI is InChI=1S/C12H14N2O3/c1-17-12-7-10(9-5-3-2-4-6-9)13-8-11(12)14(15)16/h5,7-8H,2-4,6H2,1H3. The van der Waals surface area contributed by atoms with Crippen molar-refractivity contribution in [3.8, 4) is 5.75 Å². The minimum atomic E-state index is -0.481. The first-order valence-electron chi connectivity index (χ1n) is 5.60. The highest BCUT2D eigenvalue weighted by atomic mass is 16.6. The molecule has 0 saturated heterocycles. The number of pyridine rings is 1. The summed E-state index contributed by atoms with van der Waals surface area (Å²) in [4.78, 5) is 14.4. The Hall–Kier alpha value is -1.91. The second kappa shape index (κ2) is 4.95. The van der Waals surface area contributed by atoms with Crippen LogP contribution in [0.15, 0.2) is 18.3 Å². The van der Waals surface area contributed by atoms with Crippen molar-refractivity contribution in [2.45, 2.75) is 25.7 Å². The third kappa shape index (κ3) is 2.43. The molecule has 0 fully saturated rings. The van der Waals surface area contributed by atoms with Crippen molar-refractivity contribution >= 4 is 11.3 Å². The Morgan fingerprint density at radius 3 is 2.88 bits per heavy atom. The molecule has 0 aliphatic heterocycles. The molecule has 2 rings (SSSR count). The van der Waals surface area contributed by atoms with E-state index in [0.29, 0.717) is 0 Å². The summed E-state index contributed by atoms with van der Waals surface area (Å²) in [6.45, 7) is 0. The third-order valence-corrected chi connectivity index (χ3v) is 2.88. The fourth-order valence-electron chi connectivity index (χ4n) is 1.98. The summed E-state index contributed by atoms with van der Waals surface area (Å²) in [5.41, 5.74) is 1.85. The quantitative estimate of drug-likeness (QED) is 0.595. The molecule has 0 amide bonds. The van der Waals surface area contributed by atoms with E-state index in [1.807, 2.05) is 0 Å². The van der Waals surface area contributed by atoms with Crippen molar-refractivity contribution in [3.05, 3.63) is 34.1 Å². The van der Waals surface area contributed by atoms with Gasteiger partial charge in [0.15, 0.2) is 0 Å². The second-order valence-corrected chi connectivity index (χ2v) is 3.97. The monoisotopic (exact) mass is 234 g/mol. The number of rotatable bonds is 3. The summed E-state index contributed by atoms with van der Waals surface area (Å²) in [6.07, 6.45) is 7.80. The number of nitro groups is 1. The Bertz CT molecular complexity index is 469. The van der Waals surface area contributed by atoms with Crippen LogP contribution in [0.5, 0.6) is 5.75 Å². The Balaban J connectivity index is 2.37. The zero-order chi connectivity index (χ0) is 12.3. The summed E-state index contributed by atoms with van der Waals surface area (Å²) in [7, 11) is 1.43. The minimum absolute atomic E-state index is 0.0901. The molecule has 17 heavy (non-hydrogen) atoms. The van der Waals surface area contributed by atoms with E-state index in [1.165, 1.54) is 19.7 Å². The Kier molecular flexibility index (Phi) is 3.37. The van der Waals surface area contributed by atoms with Gasteiger partial charge in [0, 0.05) is 6.07 Å². The number of aromatic nitrogens is 1. The van der Waals surface area contributed by atoms with Gasteiger partial charge in [-0.3, -0.25) is 10.1 Å². The second-order valence-electron chi connectivity index (χ2n) is 3.97. The topological polar surface area (TPSA) is 65.3 Å². The first-order chi connectivity index (χ1) is 8.22. The molecule has 0 radical (unpaired) electrons. The van der Waals surface area contributed by atoms with Crippen LogP contribution in [-0.4, -0.2) is 17.0 Å². The lowest BCUT2D eigenvalue weighted by atomic mass is 9.97. The molecule has 5 heteroatoms. The number of hydrogen-bond donors (Lipinski definition) is 0. The number of ether oxygens (including phenoxy) is 1. The van der Waals surface area contributed by atoms with Gasteiger partial charge in [0.25, 0.3) is 0 Å². The average Bonchev–Trinajstić information content (AvgIpc) is 2.39. The van der Waals surface area contributed by atoms with Gasteiger partial charge < -0.3 is 4.74 Å².